The first-order valence-electron chi connectivity index (χ1n) is 8.30. The fourth-order valence-electron chi connectivity index (χ4n) is 2.51. The number of methoxy groups -OCH3 is 1. The lowest BCUT2D eigenvalue weighted by Gasteiger charge is -2.17. The number of carbonyl (C=O) groups excluding carboxylic acids is 3. The Morgan fingerprint density at radius 2 is 1.82 bits per heavy atom. The molecule has 9 heteroatoms. The molecule has 0 heterocycles. The van der Waals surface area contributed by atoms with Crippen LogP contribution in [0.3, 0.4) is 0 Å². The molecule has 0 saturated carbocycles. The summed E-state index contributed by atoms with van der Waals surface area (Å²) < 4.78 is 4.74. The lowest BCUT2D eigenvalue weighted by Crippen LogP contribution is -2.43. The van der Waals surface area contributed by atoms with Crippen molar-refractivity contribution in [2.45, 2.75) is 19.4 Å². The van der Waals surface area contributed by atoms with Crippen molar-refractivity contribution in [1.82, 2.24) is 5.32 Å². The number of carbonyl (C=O) groups is 3. The maximum Gasteiger partial charge on any atom is 0.328 e. The van der Waals surface area contributed by atoms with Crippen LogP contribution in [0, 0.1) is 10.1 Å². The molecular formula is C19H19N3O6. The number of nitro benzene ring substituents is 1. The summed E-state index contributed by atoms with van der Waals surface area (Å²) in [6, 6.07) is 10.9. The Kier molecular flexibility index (Phi) is 6.80. The van der Waals surface area contributed by atoms with Crippen molar-refractivity contribution in [2.24, 2.45) is 0 Å². The van der Waals surface area contributed by atoms with Gasteiger partial charge in [-0.3, -0.25) is 19.7 Å². The molecule has 0 spiro atoms. The van der Waals surface area contributed by atoms with E-state index in [-0.39, 0.29) is 23.6 Å². The highest BCUT2D eigenvalue weighted by atomic mass is 16.6. The number of non-ortho nitro benzene ring substituents is 1. The number of esters is 1. The third-order valence-electron chi connectivity index (χ3n) is 3.82. The number of anilines is 1. The van der Waals surface area contributed by atoms with Gasteiger partial charge in [0.1, 0.15) is 6.04 Å². The summed E-state index contributed by atoms with van der Waals surface area (Å²) in [6.45, 7) is 1.35. The fraction of sp³-hybridized carbons (Fsp3) is 0.211. The van der Waals surface area contributed by atoms with Crippen molar-refractivity contribution in [2.75, 3.05) is 12.4 Å². The minimum atomic E-state index is -0.983. The predicted molar refractivity (Wildman–Crippen MR) is 101 cm³/mol. The molecule has 0 radical (unpaired) electrons. The van der Waals surface area contributed by atoms with Crippen molar-refractivity contribution in [3.63, 3.8) is 0 Å². The molecular weight excluding hydrogens is 366 g/mol. The standard InChI is InChI=1S/C19H19N3O6/c1-12(23)20-15-5-3-4-14(11-15)18(24)21-17(19(25)28-2)10-13-6-8-16(9-7-13)22(26)27/h3-9,11,17H,10H2,1-2H3,(H,20,23)(H,21,24)/t17-/m1/s1. The van der Waals surface area contributed by atoms with Gasteiger partial charge in [-0.1, -0.05) is 18.2 Å². The van der Waals surface area contributed by atoms with Crippen LogP contribution in [0.2, 0.25) is 0 Å². The molecule has 28 heavy (non-hydrogen) atoms. The molecule has 1 atom stereocenters. The van der Waals surface area contributed by atoms with Crippen LogP contribution in [0.25, 0.3) is 0 Å². The van der Waals surface area contributed by atoms with Gasteiger partial charge in [-0.2, -0.15) is 0 Å². The maximum atomic E-state index is 12.5. The van der Waals surface area contributed by atoms with Gasteiger partial charge in [-0.05, 0) is 23.8 Å². The molecule has 0 saturated heterocycles. The van der Waals surface area contributed by atoms with Crippen LogP contribution >= 0.6 is 0 Å². The molecule has 0 aliphatic carbocycles. The summed E-state index contributed by atoms with van der Waals surface area (Å²) in [4.78, 5) is 46.0. The van der Waals surface area contributed by atoms with Gasteiger partial charge in [-0.25, -0.2) is 4.79 Å². The van der Waals surface area contributed by atoms with Crippen LogP contribution < -0.4 is 10.6 Å². The normalized spacial score (nSPS) is 11.2. The zero-order valence-corrected chi connectivity index (χ0v) is 15.3. The van der Waals surface area contributed by atoms with Crippen molar-refractivity contribution in [3.05, 3.63) is 69.8 Å². The van der Waals surface area contributed by atoms with Gasteiger partial charge >= 0.3 is 5.97 Å². The molecule has 2 aromatic carbocycles. The minimum Gasteiger partial charge on any atom is -0.467 e. The Morgan fingerprint density at radius 1 is 1.14 bits per heavy atom. The number of nitro groups is 1. The Bertz CT molecular complexity index is 895. The smallest absolute Gasteiger partial charge is 0.328 e. The van der Waals surface area contributed by atoms with Crippen LogP contribution in [0.5, 0.6) is 0 Å². The lowest BCUT2D eigenvalue weighted by molar-refractivity contribution is -0.384. The number of ether oxygens (including phenoxy) is 1. The lowest BCUT2D eigenvalue weighted by atomic mass is 10.0. The van der Waals surface area contributed by atoms with Gasteiger partial charge in [-0.15, -0.1) is 0 Å². The van der Waals surface area contributed by atoms with E-state index in [2.05, 4.69) is 10.6 Å². The summed E-state index contributed by atoms with van der Waals surface area (Å²) >= 11 is 0. The highest BCUT2D eigenvalue weighted by Crippen LogP contribution is 2.15. The number of hydrogen-bond acceptors (Lipinski definition) is 6. The Labute approximate surface area is 160 Å². The van der Waals surface area contributed by atoms with Crippen LogP contribution in [0.15, 0.2) is 48.5 Å². The first-order chi connectivity index (χ1) is 13.3. The molecule has 9 nitrogen and oxygen atoms in total. The topological polar surface area (TPSA) is 128 Å². The second kappa shape index (κ2) is 9.26. The molecule has 2 rings (SSSR count). The monoisotopic (exact) mass is 385 g/mol. The average molecular weight is 385 g/mol. The third kappa shape index (κ3) is 5.63. The Morgan fingerprint density at radius 3 is 2.39 bits per heavy atom. The van der Waals surface area contributed by atoms with E-state index in [1.54, 1.807) is 18.2 Å². The Hall–Kier alpha value is -3.75. The van der Waals surface area contributed by atoms with Crippen molar-refractivity contribution < 1.29 is 24.0 Å². The molecule has 2 amide bonds. The van der Waals surface area contributed by atoms with E-state index in [4.69, 9.17) is 4.74 Å². The number of amides is 2. The van der Waals surface area contributed by atoms with Crippen molar-refractivity contribution >= 4 is 29.2 Å². The van der Waals surface area contributed by atoms with Crippen LogP contribution in [-0.2, 0) is 20.7 Å². The van der Waals surface area contributed by atoms with Crippen LogP contribution in [-0.4, -0.2) is 35.9 Å². The number of benzene rings is 2. The van der Waals surface area contributed by atoms with E-state index in [1.807, 2.05) is 0 Å². The first kappa shape index (κ1) is 20.6. The molecule has 0 aliphatic heterocycles. The summed E-state index contributed by atoms with van der Waals surface area (Å²) in [7, 11) is 1.20. The second-order valence-corrected chi connectivity index (χ2v) is 5.94. The largest absolute Gasteiger partial charge is 0.467 e. The summed E-state index contributed by atoms with van der Waals surface area (Å²) in [5.41, 5.74) is 1.25. The van der Waals surface area contributed by atoms with Crippen LogP contribution in [0.1, 0.15) is 22.8 Å². The number of hydrogen-bond donors (Lipinski definition) is 2. The average Bonchev–Trinajstić information content (AvgIpc) is 2.66. The summed E-state index contributed by atoms with van der Waals surface area (Å²) in [6.07, 6.45) is 0.0990. The van der Waals surface area contributed by atoms with Gasteiger partial charge < -0.3 is 15.4 Å². The molecule has 0 unspecified atom stereocenters. The zero-order chi connectivity index (χ0) is 20.7. The van der Waals surface area contributed by atoms with E-state index in [1.165, 1.54) is 44.4 Å². The van der Waals surface area contributed by atoms with E-state index >= 15 is 0 Å². The highest BCUT2D eigenvalue weighted by Gasteiger charge is 2.23. The molecule has 146 valence electrons. The maximum absolute atomic E-state index is 12.5. The summed E-state index contributed by atoms with van der Waals surface area (Å²) in [5, 5.41) is 15.9. The van der Waals surface area contributed by atoms with Gasteiger partial charge in [0, 0.05) is 36.7 Å². The molecule has 0 aliphatic rings. The van der Waals surface area contributed by atoms with E-state index in [9.17, 15) is 24.5 Å². The van der Waals surface area contributed by atoms with Gasteiger partial charge in [0.2, 0.25) is 5.91 Å². The number of rotatable bonds is 7. The molecule has 0 fully saturated rings. The van der Waals surface area contributed by atoms with E-state index in [0.717, 1.165) is 0 Å². The predicted octanol–water partition coefficient (Wildman–Crippen LogP) is 2.07. The minimum absolute atomic E-state index is 0.0720. The highest BCUT2D eigenvalue weighted by molar-refractivity contribution is 5.98. The summed E-state index contributed by atoms with van der Waals surface area (Å²) in [5.74, 6) is -1.45. The quantitative estimate of drug-likeness (QED) is 0.427. The Balaban J connectivity index is 2.15. The SMILES string of the molecule is COC(=O)[C@@H](Cc1ccc([N+](=O)[O-])cc1)NC(=O)c1cccc(NC(C)=O)c1. The van der Waals surface area contributed by atoms with Gasteiger partial charge in [0.05, 0.1) is 12.0 Å². The molecule has 2 N–H and O–H groups in total. The zero-order valence-electron chi connectivity index (χ0n) is 15.3. The van der Waals surface area contributed by atoms with Crippen LogP contribution in [0.4, 0.5) is 11.4 Å². The molecule has 2 aromatic rings. The van der Waals surface area contributed by atoms with E-state index in [0.29, 0.717) is 11.3 Å². The third-order valence-corrected chi connectivity index (χ3v) is 3.82. The van der Waals surface area contributed by atoms with Crippen molar-refractivity contribution in [3.8, 4) is 0 Å². The van der Waals surface area contributed by atoms with Crippen molar-refractivity contribution in [1.29, 1.82) is 0 Å². The number of nitrogens with one attached hydrogen (secondary N) is 2. The van der Waals surface area contributed by atoms with Gasteiger partial charge in [0.15, 0.2) is 0 Å². The molecule has 0 bridgehead atoms. The first-order valence-corrected chi connectivity index (χ1v) is 8.30. The molecule has 0 aromatic heterocycles. The number of nitrogens with zero attached hydrogens (tertiary/aromatic N) is 1. The second-order valence-electron chi connectivity index (χ2n) is 5.94. The fourth-order valence-corrected chi connectivity index (χ4v) is 2.51. The van der Waals surface area contributed by atoms with Gasteiger partial charge in [0.25, 0.3) is 11.6 Å². The van der Waals surface area contributed by atoms with E-state index < -0.39 is 22.8 Å².